The summed E-state index contributed by atoms with van der Waals surface area (Å²) in [5, 5.41) is 8.16. The van der Waals surface area contributed by atoms with Crippen LogP contribution in [0.4, 0.5) is 0 Å². The van der Waals surface area contributed by atoms with Crippen LogP contribution in [0.2, 0.25) is 0 Å². The van der Waals surface area contributed by atoms with Crippen molar-refractivity contribution in [2.75, 3.05) is 0 Å². The number of fused-ring (bicyclic) bond motifs is 9. The number of hydrogen-bond donors (Lipinski definition) is 0. The molecule has 4 heteroatoms. The molecular weight excluding hydrogens is 849 g/mol. The predicted molar refractivity (Wildman–Crippen MR) is 293 cm³/mol. The van der Waals surface area contributed by atoms with Crippen LogP contribution < -0.4 is 0 Å². The first-order valence-corrected chi connectivity index (χ1v) is 23.9. The van der Waals surface area contributed by atoms with Crippen LogP contribution in [-0.4, -0.2) is 19.1 Å². The van der Waals surface area contributed by atoms with Gasteiger partial charge in [-0.25, -0.2) is 9.97 Å². The van der Waals surface area contributed by atoms with Gasteiger partial charge in [0.15, 0.2) is 5.82 Å². The molecule has 3 heterocycles. The maximum absolute atomic E-state index is 5.49. The van der Waals surface area contributed by atoms with Crippen LogP contribution in [0.1, 0.15) is 0 Å². The molecule has 3 aromatic heterocycles. The molecular formula is C66H42N4. The average molecular weight is 891 g/mol. The van der Waals surface area contributed by atoms with Gasteiger partial charge in [0, 0.05) is 43.7 Å². The number of rotatable bonds is 7. The van der Waals surface area contributed by atoms with Gasteiger partial charge in [-0.15, -0.1) is 0 Å². The van der Waals surface area contributed by atoms with Gasteiger partial charge in [-0.05, 0) is 123 Å². The second-order valence-corrected chi connectivity index (χ2v) is 18.1. The van der Waals surface area contributed by atoms with Gasteiger partial charge in [-0.1, -0.05) is 176 Å². The molecule has 14 rings (SSSR count). The van der Waals surface area contributed by atoms with E-state index in [2.05, 4.69) is 264 Å². The van der Waals surface area contributed by atoms with Gasteiger partial charge in [0.05, 0.1) is 39.0 Å². The molecule has 14 aromatic rings. The molecule has 0 spiro atoms. The number of hydrogen-bond acceptors (Lipinski definition) is 2. The zero-order chi connectivity index (χ0) is 46.1. The van der Waals surface area contributed by atoms with Gasteiger partial charge < -0.3 is 9.13 Å². The molecule has 0 saturated carbocycles. The first kappa shape index (κ1) is 39.8. The van der Waals surface area contributed by atoms with Crippen molar-refractivity contribution in [1.82, 2.24) is 19.1 Å². The van der Waals surface area contributed by atoms with E-state index in [1.165, 1.54) is 60.2 Å². The van der Waals surface area contributed by atoms with Crippen molar-refractivity contribution in [3.8, 4) is 67.4 Å². The van der Waals surface area contributed by atoms with E-state index in [0.717, 1.165) is 66.6 Å². The van der Waals surface area contributed by atoms with Crippen molar-refractivity contribution in [2.24, 2.45) is 0 Å². The first-order valence-electron chi connectivity index (χ1n) is 23.9. The Labute approximate surface area is 404 Å². The lowest BCUT2D eigenvalue weighted by atomic mass is 9.98. The Bertz CT molecular complexity index is 4320. The number of benzene rings is 11. The second kappa shape index (κ2) is 16.2. The summed E-state index contributed by atoms with van der Waals surface area (Å²) in [6.07, 6.45) is 0. The molecule has 0 N–H and O–H groups in total. The van der Waals surface area contributed by atoms with E-state index in [-0.39, 0.29) is 0 Å². The topological polar surface area (TPSA) is 35.6 Å². The molecule has 0 amide bonds. The standard InChI is InChI=1S/C66H42N4/c1-5-17-43(18-6-1)47-30-35-60-54(39-47)55-41-49(32-36-61(55)69(60)51-24-11-4-12-25-51)50-33-38-63-57(42-50)56-40-48(44-19-7-2-8-20-44)31-37-62(56)70(63)59-28-16-15-27-53(59)66-67-58-34-29-45-21-13-14-26-52(45)64(58)65(68-66)46-22-9-3-10-23-46/h1-42H. The quantitative estimate of drug-likeness (QED) is 0.149. The number of para-hydroxylation sites is 2. The van der Waals surface area contributed by atoms with E-state index in [1.807, 2.05) is 0 Å². The summed E-state index contributed by atoms with van der Waals surface area (Å²) in [6, 6.07) is 91.8. The lowest BCUT2D eigenvalue weighted by Gasteiger charge is -2.16. The highest BCUT2D eigenvalue weighted by molar-refractivity contribution is 6.15. The molecule has 0 unspecified atom stereocenters. The van der Waals surface area contributed by atoms with E-state index in [9.17, 15) is 0 Å². The lowest BCUT2D eigenvalue weighted by Crippen LogP contribution is -2.01. The van der Waals surface area contributed by atoms with Gasteiger partial charge >= 0.3 is 0 Å². The Morgan fingerprint density at radius 1 is 0.286 bits per heavy atom. The number of nitrogens with zero attached hydrogens (tertiary/aromatic N) is 4. The maximum Gasteiger partial charge on any atom is 0.162 e. The van der Waals surface area contributed by atoms with E-state index in [4.69, 9.17) is 9.97 Å². The maximum atomic E-state index is 5.49. The van der Waals surface area contributed by atoms with Crippen molar-refractivity contribution in [3.05, 3.63) is 255 Å². The van der Waals surface area contributed by atoms with Crippen LogP contribution in [0.15, 0.2) is 255 Å². The molecule has 70 heavy (non-hydrogen) atoms. The molecule has 0 atom stereocenters. The SMILES string of the molecule is c1ccc(-c2ccc3c(c2)c2cc(-c4ccc5c(c4)c4cc(-c6ccccc6)ccc4n5-c4ccccc4-c4nc(-c5ccccc5)c5c(ccc6ccccc65)n4)ccc2n3-c2ccccc2)cc1. The van der Waals surface area contributed by atoms with Crippen molar-refractivity contribution in [3.63, 3.8) is 0 Å². The Kier molecular flexibility index (Phi) is 9.17. The van der Waals surface area contributed by atoms with E-state index in [0.29, 0.717) is 5.82 Å². The predicted octanol–water partition coefficient (Wildman–Crippen LogP) is 17.3. The van der Waals surface area contributed by atoms with Crippen LogP contribution >= 0.6 is 0 Å². The van der Waals surface area contributed by atoms with Crippen molar-refractivity contribution in [2.45, 2.75) is 0 Å². The summed E-state index contributed by atoms with van der Waals surface area (Å²) in [7, 11) is 0. The molecule has 0 saturated heterocycles. The zero-order valence-corrected chi connectivity index (χ0v) is 38.0. The van der Waals surface area contributed by atoms with Crippen molar-refractivity contribution >= 4 is 65.3 Å². The molecule has 0 radical (unpaired) electrons. The summed E-state index contributed by atoms with van der Waals surface area (Å²) in [6.45, 7) is 0. The molecule has 326 valence electrons. The fourth-order valence-electron chi connectivity index (χ4n) is 10.8. The fraction of sp³-hybridized carbons (Fsp3) is 0. The average Bonchev–Trinajstić information content (AvgIpc) is 3.95. The largest absolute Gasteiger partial charge is 0.309 e. The molecule has 11 aromatic carbocycles. The summed E-state index contributed by atoms with van der Waals surface area (Å²) >= 11 is 0. The molecule has 0 aliphatic carbocycles. The first-order chi connectivity index (χ1) is 34.7. The second-order valence-electron chi connectivity index (χ2n) is 18.1. The van der Waals surface area contributed by atoms with Crippen LogP contribution in [0.25, 0.3) is 133 Å². The lowest BCUT2D eigenvalue weighted by molar-refractivity contribution is 1.15. The Balaban J connectivity index is 0.987. The highest BCUT2D eigenvalue weighted by atomic mass is 15.0. The van der Waals surface area contributed by atoms with Gasteiger partial charge in [0.25, 0.3) is 0 Å². The zero-order valence-electron chi connectivity index (χ0n) is 38.0. The van der Waals surface area contributed by atoms with Gasteiger partial charge in [0.1, 0.15) is 0 Å². The summed E-state index contributed by atoms with van der Waals surface area (Å²) in [5.41, 5.74) is 17.7. The van der Waals surface area contributed by atoms with E-state index < -0.39 is 0 Å². The minimum absolute atomic E-state index is 0.683. The summed E-state index contributed by atoms with van der Waals surface area (Å²) in [5.74, 6) is 0.683. The fourth-order valence-corrected chi connectivity index (χ4v) is 10.8. The Morgan fingerprint density at radius 2 is 0.729 bits per heavy atom. The van der Waals surface area contributed by atoms with Gasteiger partial charge in [-0.3, -0.25) is 0 Å². The molecule has 0 aliphatic heterocycles. The van der Waals surface area contributed by atoms with Crippen molar-refractivity contribution < 1.29 is 0 Å². The minimum Gasteiger partial charge on any atom is -0.309 e. The molecule has 0 aliphatic rings. The molecule has 0 fully saturated rings. The highest BCUT2D eigenvalue weighted by Crippen LogP contribution is 2.42. The van der Waals surface area contributed by atoms with Gasteiger partial charge in [0.2, 0.25) is 0 Å². The Hall–Kier alpha value is -9.38. The van der Waals surface area contributed by atoms with E-state index in [1.54, 1.807) is 0 Å². The van der Waals surface area contributed by atoms with Gasteiger partial charge in [-0.2, -0.15) is 0 Å². The summed E-state index contributed by atoms with van der Waals surface area (Å²) < 4.78 is 4.81. The third-order valence-corrected chi connectivity index (χ3v) is 14.1. The van der Waals surface area contributed by atoms with E-state index >= 15 is 0 Å². The van der Waals surface area contributed by atoms with Crippen molar-refractivity contribution in [1.29, 1.82) is 0 Å². The minimum atomic E-state index is 0.683. The van der Waals surface area contributed by atoms with Crippen LogP contribution in [0.5, 0.6) is 0 Å². The van der Waals surface area contributed by atoms with Crippen LogP contribution in [0.3, 0.4) is 0 Å². The highest BCUT2D eigenvalue weighted by Gasteiger charge is 2.22. The molecule has 4 nitrogen and oxygen atoms in total. The number of aromatic nitrogens is 4. The third kappa shape index (κ3) is 6.46. The van der Waals surface area contributed by atoms with Crippen LogP contribution in [-0.2, 0) is 0 Å². The van der Waals surface area contributed by atoms with Crippen LogP contribution in [0, 0.1) is 0 Å². The third-order valence-electron chi connectivity index (χ3n) is 14.1. The molecule has 0 bridgehead atoms. The Morgan fingerprint density at radius 3 is 1.29 bits per heavy atom. The smallest absolute Gasteiger partial charge is 0.162 e. The normalized spacial score (nSPS) is 11.7. The summed E-state index contributed by atoms with van der Waals surface area (Å²) in [4.78, 5) is 10.9. The monoisotopic (exact) mass is 890 g/mol.